The van der Waals surface area contributed by atoms with Crippen molar-refractivity contribution in [2.24, 2.45) is 0 Å². The Kier molecular flexibility index (Phi) is 7.95. The second-order valence-electron chi connectivity index (χ2n) is 9.01. The number of nitrogens with zero attached hydrogens (tertiary/aromatic N) is 3. The smallest absolute Gasteiger partial charge is 0.255 e. The number of carbonyl (C=O) groups is 1. The second-order valence-corrected chi connectivity index (χ2v) is 9.01. The molecule has 0 aliphatic carbocycles. The maximum absolute atomic E-state index is 13.6. The zero-order valence-electron chi connectivity index (χ0n) is 20.6. The summed E-state index contributed by atoms with van der Waals surface area (Å²) in [6, 6.07) is 11.9. The Morgan fingerprint density at radius 3 is 2.44 bits per heavy atom. The van der Waals surface area contributed by atoms with E-state index in [1.54, 1.807) is 14.2 Å². The lowest BCUT2D eigenvalue weighted by atomic mass is 9.98. The summed E-state index contributed by atoms with van der Waals surface area (Å²) in [7, 11) is 3.25. The maximum atomic E-state index is 13.6. The average molecular weight is 468 g/mol. The molecular formula is C27H37N3O4. The summed E-state index contributed by atoms with van der Waals surface area (Å²) in [4.78, 5) is 20.5. The molecule has 184 valence electrons. The number of fused-ring (bicyclic) bond motifs is 1. The molecule has 1 fully saturated rings. The number of rotatable bonds is 10. The largest absolute Gasteiger partial charge is 0.493 e. The molecule has 7 nitrogen and oxygen atoms in total. The minimum absolute atomic E-state index is 0.0767. The van der Waals surface area contributed by atoms with Crippen LogP contribution < -0.4 is 14.4 Å². The number of hydrogen-bond acceptors (Lipinski definition) is 6. The van der Waals surface area contributed by atoms with Crippen LogP contribution >= 0.6 is 0 Å². The number of aliphatic hydroxyl groups excluding tert-OH is 1. The van der Waals surface area contributed by atoms with E-state index in [0.717, 1.165) is 62.3 Å². The van der Waals surface area contributed by atoms with E-state index < -0.39 is 0 Å². The van der Waals surface area contributed by atoms with Crippen molar-refractivity contribution in [1.82, 2.24) is 9.80 Å². The number of ether oxygens (including phenoxy) is 2. The summed E-state index contributed by atoms with van der Waals surface area (Å²) >= 11 is 0. The minimum atomic E-state index is -0.101. The fourth-order valence-corrected chi connectivity index (χ4v) is 5.20. The summed E-state index contributed by atoms with van der Waals surface area (Å²) in [6.45, 7) is 8.09. The molecule has 2 aromatic carbocycles. The molecule has 1 amide bonds. The number of hydrogen-bond donors (Lipinski definition) is 1. The molecule has 0 aromatic heterocycles. The first kappa shape index (κ1) is 24.4. The number of carbonyl (C=O) groups excluding carboxylic acids is 1. The van der Waals surface area contributed by atoms with Crippen molar-refractivity contribution in [3.63, 3.8) is 0 Å². The Morgan fingerprint density at radius 1 is 1.00 bits per heavy atom. The Bertz CT molecular complexity index is 988. The van der Waals surface area contributed by atoms with Crippen LogP contribution in [0, 0.1) is 0 Å². The molecule has 2 heterocycles. The molecule has 0 spiro atoms. The van der Waals surface area contributed by atoms with Crippen molar-refractivity contribution in [3.8, 4) is 11.5 Å². The van der Waals surface area contributed by atoms with E-state index in [-0.39, 0.29) is 18.6 Å². The number of piperazine rings is 1. The lowest BCUT2D eigenvalue weighted by Crippen LogP contribution is -2.46. The molecule has 1 atom stereocenters. The normalized spacial score (nSPS) is 17.1. The van der Waals surface area contributed by atoms with Gasteiger partial charge in [-0.3, -0.25) is 4.79 Å². The molecule has 1 N–H and O–H groups in total. The highest BCUT2D eigenvalue weighted by atomic mass is 16.5. The Hall–Kier alpha value is -2.77. The van der Waals surface area contributed by atoms with Crippen LogP contribution in [0.2, 0.25) is 0 Å². The van der Waals surface area contributed by atoms with Gasteiger partial charge in [-0.2, -0.15) is 0 Å². The minimum Gasteiger partial charge on any atom is -0.493 e. The van der Waals surface area contributed by atoms with Crippen LogP contribution in [0.3, 0.4) is 0 Å². The quantitative estimate of drug-likeness (QED) is 0.538. The summed E-state index contributed by atoms with van der Waals surface area (Å²) < 4.78 is 11.0. The fourth-order valence-electron chi connectivity index (χ4n) is 5.20. The van der Waals surface area contributed by atoms with Gasteiger partial charge in [-0.05, 0) is 55.6 Å². The molecule has 0 radical (unpaired) electrons. The predicted octanol–water partition coefficient (Wildman–Crippen LogP) is 3.71. The third kappa shape index (κ3) is 4.86. The van der Waals surface area contributed by atoms with Crippen LogP contribution in [-0.2, 0) is 6.54 Å². The van der Waals surface area contributed by atoms with Gasteiger partial charge in [-0.25, -0.2) is 0 Å². The summed E-state index contributed by atoms with van der Waals surface area (Å²) in [5, 5.41) is 9.35. The first-order valence-electron chi connectivity index (χ1n) is 12.3. The molecule has 0 bridgehead atoms. The molecule has 7 heteroatoms. The number of methoxy groups -OCH3 is 2. The average Bonchev–Trinajstić information content (AvgIpc) is 3.22. The highest BCUT2D eigenvalue weighted by Crippen LogP contribution is 2.40. The van der Waals surface area contributed by atoms with Crippen molar-refractivity contribution >= 4 is 11.6 Å². The van der Waals surface area contributed by atoms with Gasteiger partial charge in [-0.15, -0.1) is 0 Å². The second kappa shape index (κ2) is 11.1. The van der Waals surface area contributed by atoms with E-state index in [1.165, 1.54) is 5.69 Å². The lowest BCUT2D eigenvalue weighted by Gasteiger charge is -2.36. The molecule has 34 heavy (non-hydrogen) atoms. The molecule has 0 saturated carbocycles. The van der Waals surface area contributed by atoms with Crippen LogP contribution in [0.4, 0.5) is 5.69 Å². The van der Waals surface area contributed by atoms with Gasteiger partial charge in [0.15, 0.2) is 11.5 Å². The summed E-state index contributed by atoms with van der Waals surface area (Å²) in [6.07, 6.45) is 2.33. The van der Waals surface area contributed by atoms with E-state index in [1.807, 2.05) is 35.2 Å². The van der Waals surface area contributed by atoms with E-state index >= 15 is 0 Å². The summed E-state index contributed by atoms with van der Waals surface area (Å²) in [5.41, 5.74) is 4.15. The van der Waals surface area contributed by atoms with Crippen molar-refractivity contribution in [1.29, 1.82) is 0 Å². The number of anilines is 1. The van der Waals surface area contributed by atoms with E-state index in [0.29, 0.717) is 24.5 Å². The number of benzene rings is 2. The van der Waals surface area contributed by atoms with Gasteiger partial charge in [0.1, 0.15) is 0 Å². The Labute approximate surface area is 202 Å². The molecule has 2 aliphatic heterocycles. The number of unbranched alkanes of at least 4 members (excludes halogenated alkanes) is 1. The van der Waals surface area contributed by atoms with Crippen LogP contribution in [0.25, 0.3) is 0 Å². The molecule has 1 unspecified atom stereocenters. The maximum Gasteiger partial charge on any atom is 0.255 e. The first-order chi connectivity index (χ1) is 16.6. The van der Waals surface area contributed by atoms with Gasteiger partial charge in [0, 0.05) is 56.1 Å². The third-order valence-electron chi connectivity index (χ3n) is 7.19. The monoisotopic (exact) mass is 467 g/mol. The Balaban J connectivity index is 1.63. The van der Waals surface area contributed by atoms with Gasteiger partial charge >= 0.3 is 0 Å². The van der Waals surface area contributed by atoms with Crippen molar-refractivity contribution in [2.75, 3.05) is 58.5 Å². The van der Waals surface area contributed by atoms with Gasteiger partial charge in [0.05, 0.1) is 20.3 Å². The van der Waals surface area contributed by atoms with Crippen molar-refractivity contribution in [2.45, 2.75) is 38.8 Å². The molecule has 1 saturated heterocycles. The van der Waals surface area contributed by atoms with E-state index in [2.05, 4.69) is 22.8 Å². The highest BCUT2D eigenvalue weighted by molar-refractivity contribution is 6.00. The van der Waals surface area contributed by atoms with Gasteiger partial charge in [0.2, 0.25) is 0 Å². The molecule has 4 rings (SSSR count). The predicted molar refractivity (Wildman–Crippen MR) is 134 cm³/mol. The molecular weight excluding hydrogens is 430 g/mol. The number of likely N-dealkylation sites (N-methyl/N-ethyl adjacent to an activating group) is 1. The van der Waals surface area contributed by atoms with Crippen LogP contribution in [0.5, 0.6) is 11.5 Å². The van der Waals surface area contributed by atoms with E-state index in [9.17, 15) is 9.90 Å². The third-order valence-corrected chi connectivity index (χ3v) is 7.19. The van der Waals surface area contributed by atoms with Crippen LogP contribution in [-0.4, -0.2) is 74.4 Å². The SMILES string of the molecule is CCN1CCN(c2cccc3c2CN(C(CCCCO)c2ccc(OC)c(OC)c2)C3=O)CC1. The fraction of sp³-hybridized carbons (Fsp3) is 0.519. The van der Waals surface area contributed by atoms with Crippen LogP contribution in [0.1, 0.15) is 53.7 Å². The van der Waals surface area contributed by atoms with E-state index in [4.69, 9.17) is 9.47 Å². The highest BCUT2D eigenvalue weighted by Gasteiger charge is 2.36. The standard InChI is InChI=1S/C27H37N3O4/c1-4-28-13-15-29(16-14-28)24-10-7-8-21-22(24)19-30(27(21)32)23(9-5-6-17-31)20-11-12-25(33-2)26(18-20)34-3/h7-8,10-12,18,23,31H,4-6,9,13-17,19H2,1-3H3. The van der Waals surface area contributed by atoms with Gasteiger partial charge in [0.25, 0.3) is 5.91 Å². The van der Waals surface area contributed by atoms with Crippen LogP contribution in [0.15, 0.2) is 36.4 Å². The molecule has 2 aliphatic rings. The number of aliphatic hydroxyl groups is 1. The zero-order chi connectivity index (χ0) is 24.1. The number of amides is 1. The van der Waals surface area contributed by atoms with Crippen molar-refractivity contribution in [3.05, 3.63) is 53.1 Å². The zero-order valence-corrected chi connectivity index (χ0v) is 20.6. The Morgan fingerprint density at radius 2 is 1.76 bits per heavy atom. The summed E-state index contributed by atoms with van der Waals surface area (Å²) in [5.74, 6) is 1.41. The first-order valence-corrected chi connectivity index (χ1v) is 12.3. The topological polar surface area (TPSA) is 65.5 Å². The van der Waals surface area contributed by atoms with Gasteiger partial charge in [-0.1, -0.05) is 19.1 Å². The lowest BCUT2D eigenvalue weighted by molar-refractivity contribution is 0.0687. The van der Waals surface area contributed by atoms with Gasteiger partial charge < -0.3 is 29.3 Å². The molecule has 2 aromatic rings. The van der Waals surface area contributed by atoms with Crippen molar-refractivity contribution < 1.29 is 19.4 Å².